The van der Waals surface area contributed by atoms with Gasteiger partial charge < -0.3 is 10.3 Å². The van der Waals surface area contributed by atoms with Gasteiger partial charge in [0.15, 0.2) is 0 Å². The molecule has 2 aromatic carbocycles. The number of rotatable bonds is 4. The lowest BCUT2D eigenvalue weighted by Crippen LogP contribution is -1.98. The highest BCUT2D eigenvalue weighted by Crippen LogP contribution is 2.22. The molecule has 0 fully saturated rings. The number of hydrogen-bond acceptors (Lipinski definition) is 3. The molecule has 1 aromatic heterocycles. The molecular weight excluding hydrogens is 260 g/mol. The lowest BCUT2D eigenvalue weighted by molar-refractivity contribution is 0.980. The summed E-state index contributed by atoms with van der Waals surface area (Å²) in [6, 6.07) is 15.8. The molecule has 0 aliphatic carbocycles. The molecule has 1 heterocycles. The zero-order valence-electron chi connectivity index (χ0n) is 11.9. The van der Waals surface area contributed by atoms with Crippen molar-refractivity contribution >= 4 is 16.7 Å². The Bertz CT molecular complexity index is 794. The number of nitriles is 1. The summed E-state index contributed by atoms with van der Waals surface area (Å²) < 4.78 is 0. The Morgan fingerprint density at radius 1 is 1.19 bits per heavy atom. The van der Waals surface area contributed by atoms with Crippen molar-refractivity contribution in [2.75, 3.05) is 11.9 Å². The Balaban J connectivity index is 1.91. The molecule has 0 bridgehead atoms. The van der Waals surface area contributed by atoms with E-state index in [9.17, 15) is 0 Å². The molecule has 0 aliphatic rings. The standard InChI is InChI=1S/C17H16N4/c1-2-9-19-14-6-4-13(5-7-14)17-20-15-8-3-12(11-18)10-16(15)21-17/h3-8,10,19H,2,9H2,1H3,(H,20,21). The topological polar surface area (TPSA) is 64.5 Å². The molecule has 0 aliphatic heterocycles. The second-order valence-electron chi connectivity index (χ2n) is 4.93. The van der Waals surface area contributed by atoms with Gasteiger partial charge in [-0.2, -0.15) is 5.26 Å². The van der Waals surface area contributed by atoms with E-state index < -0.39 is 0 Å². The maximum absolute atomic E-state index is 8.93. The number of anilines is 1. The van der Waals surface area contributed by atoms with Crippen molar-refractivity contribution in [3.05, 3.63) is 48.0 Å². The van der Waals surface area contributed by atoms with Crippen molar-refractivity contribution in [2.45, 2.75) is 13.3 Å². The second kappa shape index (κ2) is 5.68. The van der Waals surface area contributed by atoms with Gasteiger partial charge in [0.1, 0.15) is 5.82 Å². The minimum Gasteiger partial charge on any atom is -0.385 e. The Morgan fingerprint density at radius 3 is 2.71 bits per heavy atom. The first kappa shape index (κ1) is 13.2. The van der Waals surface area contributed by atoms with E-state index in [1.54, 1.807) is 6.07 Å². The maximum Gasteiger partial charge on any atom is 0.138 e. The van der Waals surface area contributed by atoms with Crippen LogP contribution in [0.4, 0.5) is 5.69 Å². The van der Waals surface area contributed by atoms with Crippen LogP contribution in [0.2, 0.25) is 0 Å². The van der Waals surface area contributed by atoms with Gasteiger partial charge in [-0.05, 0) is 48.9 Å². The monoisotopic (exact) mass is 276 g/mol. The molecule has 104 valence electrons. The molecule has 0 radical (unpaired) electrons. The summed E-state index contributed by atoms with van der Waals surface area (Å²) in [6.07, 6.45) is 1.10. The molecule has 0 amide bonds. The Labute approximate surface area is 123 Å². The van der Waals surface area contributed by atoms with Crippen LogP contribution in [0.15, 0.2) is 42.5 Å². The van der Waals surface area contributed by atoms with E-state index in [2.05, 4.69) is 40.4 Å². The van der Waals surface area contributed by atoms with Gasteiger partial charge in [-0.1, -0.05) is 6.92 Å². The Kier molecular flexibility index (Phi) is 3.57. The van der Waals surface area contributed by atoms with Gasteiger partial charge in [0, 0.05) is 17.8 Å². The van der Waals surface area contributed by atoms with Crippen molar-refractivity contribution in [1.82, 2.24) is 9.97 Å². The van der Waals surface area contributed by atoms with Gasteiger partial charge in [0.2, 0.25) is 0 Å². The zero-order chi connectivity index (χ0) is 14.7. The third kappa shape index (κ3) is 2.72. The Morgan fingerprint density at radius 2 is 2.00 bits per heavy atom. The maximum atomic E-state index is 8.93. The molecule has 0 unspecified atom stereocenters. The second-order valence-corrected chi connectivity index (χ2v) is 4.93. The van der Waals surface area contributed by atoms with Gasteiger partial charge >= 0.3 is 0 Å². The average molecular weight is 276 g/mol. The van der Waals surface area contributed by atoms with Crippen LogP contribution in [0, 0.1) is 11.3 Å². The van der Waals surface area contributed by atoms with Crippen LogP contribution in [-0.2, 0) is 0 Å². The molecule has 21 heavy (non-hydrogen) atoms. The lowest BCUT2D eigenvalue weighted by atomic mass is 10.2. The van der Waals surface area contributed by atoms with Gasteiger partial charge in [-0.25, -0.2) is 4.98 Å². The third-order valence-electron chi connectivity index (χ3n) is 3.35. The van der Waals surface area contributed by atoms with Crippen LogP contribution < -0.4 is 5.32 Å². The van der Waals surface area contributed by atoms with E-state index >= 15 is 0 Å². The molecular formula is C17H16N4. The van der Waals surface area contributed by atoms with Crippen LogP contribution in [0.25, 0.3) is 22.4 Å². The van der Waals surface area contributed by atoms with E-state index in [0.29, 0.717) is 5.56 Å². The van der Waals surface area contributed by atoms with Gasteiger partial charge in [0.05, 0.1) is 22.7 Å². The first-order valence-electron chi connectivity index (χ1n) is 7.04. The highest BCUT2D eigenvalue weighted by Gasteiger charge is 2.06. The quantitative estimate of drug-likeness (QED) is 0.759. The number of benzene rings is 2. The predicted octanol–water partition coefficient (Wildman–Crippen LogP) is 3.92. The fourth-order valence-corrected chi connectivity index (χ4v) is 2.23. The first-order chi connectivity index (χ1) is 10.3. The predicted molar refractivity (Wildman–Crippen MR) is 85.0 cm³/mol. The number of aromatic nitrogens is 2. The van der Waals surface area contributed by atoms with Crippen LogP contribution in [0.1, 0.15) is 18.9 Å². The third-order valence-corrected chi connectivity index (χ3v) is 3.35. The van der Waals surface area contributed by atoms with E-state index in [-0.39, 0.29) is 0 Å². The number of nitrogens with zero attached hydrogens (tertiary/aromatic N) is 2. The largest absolute Gasteiger partial charge is 0.385 e. The first-order valence-corrected chi connectivity index (χ1v) is 7.04. The van der Waals surface area contributed by atoms with E-state index in [1.807, 2.05) is 24.3 Å². The lowest BCUT2D eigenvalue weighted by Gasteiger charge is -2.04. The van der Waals surface area contributed by atoms with Crippen molar-refractivity contribution in [3.63, 3.8) is 0 Å². The molecule has 0 atom stereocenters. The molecule has 4 nitrogen and oxygen atoms in total. The van der Waals surface area contributed by atoms with Crippen LogP contribution >= 0.6 is 0 Å². The Hall–Kier alpha value is -2.80. The zero-order valence-corrected chi connectivity index (χ0v) is 11.9. The van der Waals surface area contributed by atoms with Crippen molar-refractivity contribution in [1.29, 1.82) is 5.26 Å². The summed E-state index contributed by atoms with van der Waals surface area (Å²) in [5.74, 6) is 0.821. The fraction of sp³-hybridized carbons (Fsp3) is 0.176. The van der Waals surface area contributed by atoms with E-state index in [1.165, 1.54) is 0 Å². The fourth-order valence-electron chi connectivity index (χ4n) is 2.23. The SMILES string of the molecule is CCCNc1ccc(-c2nc3ccc(C#N)cc3[nH]2)cc1. The summed E-state index contributed by atoms with van der Waals surface area (Å²) in [5, 5.41) is 12.3. The highest BCUT2D eigenvalue weighted by atomic mass is 14.9. The molecule has 0 saturated heterocycles. The smallest absolute Gasteiger partial charge is 0.138 e. The van der Waals surface area contributed by atoms with Crippen LogP contribution in [-0.4, -0.2) is 16.5 Å². The van der Waals surface area contributed by atoms with E-state index in [4.69, 9.17) is 5.26 Å². The number of H-pyrrole nitrogens is 1. The van der Waals surface area contributed by atoms with Crippen LogP contribution in [0.5, 0.6) is 0 Å². The summed E-state index contributed by atoms with van der Waals surface area (Å²) >= 11 is 0. The van der Waals surface area contributed by atoms with Crippen molar-refractivity contribution < 1.29 is 0 Å². The summed E-state index contributed by atoms with van der Waals surface area (Å²) in [7, 11) is 0. The number of imidazole rings is 1. The minimum atomic E-state index is 0.636. The molecule has 4 heteroatoms. The van der Waals surface area contributed by atoms with Gasteiger partial charge in [-0.15, -0.1) is 0 Å². The normalized spacial score (nSPS) is 10.5. The summed E-state index contributed by atoms with van der Waals surface area (Å²) in [4.78, 5) is 7.83. The molecule has 3 rings (SSSR count). The number of fused-ring (bicyclic) bond motifs is 1. The number of hydrogen-bond donors (Lipinski definition) is 2. The highest BCUT2D eigenvalue weighted by molar-refractivity contribution is 5.80. The summed E-state index contributed by atoms with van der Waals surface area (Å²) in [5.41, 5.74) is 4.54. The molecule has 3 aromatic rings. The summed E-state index contributed by atoms with van der Waals surface area (Å²) in [6.45, 7) is 3.12. The minimum absolute atomic E-state index is 0.636. The van der Waals surface area contributed by atoms with E-state index in [0.717, 1.165) is 41.1 Å². The average Bonchev–Trinajstić information content (AvgIpc) is 2.96. The molecule has 0 saturated carbocycles. The number of nitrogens with one attached hydrogen (secondary N) is 2. The van der Waals surface area contributed by atoms with Gasteiger partial charge in [-0.3, -0.25) is 0 Å². The molecule has 0 spiro atoms. The van der Waals surface area contributed by atoms with Gasteiger partial charge in [0.25, 0.3) is 0 Å². The van der Waals surface area contributed by atoms with Crippen LogP contribution in [0.3, 0.4) is 0 Å². The molecule has 2 N–H and O–H groups in total. The van der Waals surface area contributed by atoms with Crippen molar-refractivity contribution in [3.8, 4) is 17.5 Å². The van der Waals surface area contributed by atoms with Crippen molar-refractivity contribution in [2.24, 2.45) is 0 Å². The number of aromatic amines is 1.